The van der Waals surface area contributed by atoms with Crippen molar-refractivity contribution in [2.45, 2.75) is 38.5 Å². The van der Waals surface area contributed by atoms with Gasteiger partial charge in [0.1, 0.15) is 5.75 Å². The van der Waals surface area contributed by atoms with Gasteiger partial charge in [0.2, 0.25) is 5.91 Å². The summed E-state index contributed by atoms with van der Waals surface area (Å²) in [7, 11) is 1.58. The molecule has 3 rings (SSSR count). The molecule has 186 valence electrons. The maximum atomic E-state index is 12.9. The number of hydrogen-bond donors (Lipinski definition) is 2. The van der Waals surface area contributed by atoms with E-state index in [9.17, 15) is 9.59 Å². The van der Waals surface area contributed by atoms with E-state index in [1.165, 1.54) is 11.8 Å². The first kappa shape index (κ1) is 26.8. The van der Waals surface area contributed by atoms with Gasteiger partial charge in [-0.05, 0) is 55.3 Å². The summed E-state index contributed by atoms with van der Waals surface area (Å²) in [5, 5.41) is 15.9. The molecule has 2 aromatic carbocycles. The van der Waals surface area contributed by atoms with Gasteiger partial charge in [-0.15, -0.1) is 10.2 Å². The summed E-state index contributed by atoms with van der Waals surface area (Å²) in [6.07, 6.45) is 0. The van der Waals surface area contributed by atoms with E-state index < -0.39 is 0 Å². The number of carbonyl (C=O) groups excluding carboxylic acids is 2. The van der Waals surface area contributed by atoms with Gasteiger partial charge in [0, 0.05) is 17.1 Å². The van der Waals surface area contributed by atoms with Gasteiger partial charge < -0.3 is 19.9 Å². The normalized spacial score (nSPS) is 11.9. The van der Waals surface area contributed by atoms with E-state index >= 15 is 0 Å². The van der Waals surface area contributed by atoms with Gasteiger partial charge in [-0.3, -0.25) is 9.59 Å². The van der Waals surface area contributed by atoms with Crippen LogP contribution in [0, 0.1) is 5.92 Å². The van der Waals surface area contributed by atoms with Gasteiger partial charge >= 0.3 is 0 Å². The van der Waals surface area contributed by atoms with Crippen LogP contribution in [-0.2, 0) is 11.3 Å². The summed E-state index contributed by atoms with van der Waals surface area (Å²) in [4.78, 5) is 25.4. The van der Waals surface area contributed by atoms with Crippen molar-refractivity contribution in [2.75, 3.05) is 18.2 Å². The number of nitrogens with zero attached hydrogens (tertiary/aromatic N) is 3. The van der Waals surface area contributed by atoms with Crippen molar-refractivity contribution < 1.29 is 14.3 Å². The quantitative estimate of drug-likeness (QED) is 0.334. The highest BCUT2D eigenvalue weighted by molar-refractivity contribution is 7.99. The molecule has 3 aromatic rings. The number of benzene rings is 2. The molecule has 1 atom stereocenters. The average molecular weight is 536 g/mol. The molecule has 0 aliphatic heterocycles. The fourth-order valence-corrected chi connectivity index (χ4v) is 4.49. The highest BCUT2D eigenvalue weighted by atomic mass is 35.5. The van der Waals surface area contributed by atoms with E-state index in [1.807, 2.05) is 25.3 Å². The van der Waals surface area contributed by atoms with Crippen molar-refractivity contribution in [3.8, 4) is 5.75 Å². The highest BCUT2D eigenvalue weighted by Gasteiger charge is 2.26. The molecule has 0 fully saturated rings. The lowest BCUT2D eigenvalue weighted by Gasteiger charge is -2.22. The monoisotopic (exact) mass is 535 g/mol. The third-order valence-electron chi connectivity index (χ3n) is 5.18. The van der Waals surface area contributed by atoms with Crippen LogP contribution in [0.2, 0.25) is 10.0 Å². The number of halogens is 2. The Bertz CT molecular complexity index is 1180. The van der Waals surface area contributed by atoms with E-state index in [0.29, 0.717) is 44.6 Å². The second kappa shape index (κ2) is 12.3. The van der Waals surface area contributed by atoms with Gasteiger partial charge in [-0.1, -0.05) is 48.8 Å². The molecular formula is C24H27Cl2N5O3S. The number of nitrogens with one attached hydrogen (secondary N) is 2. The first-order valence-corrected chi connectivity index (χ1v) is 12.7. The van der Waals surface area contributed by atoms with Crippen molar-refractivity contribution in [1.82, 2.24) is 20.1 Å². The smallest absolute Gasteiger partial charge is 0.251 e. The van der Waals surface area contributed by atoms with E-state index in [-0.39, 0.29) is 29.5 Å². The van der Waals surface area contributed by atoms with Gasteiger partial charge in [0.05, 0.1) is 29.6 Å². The number of aromatic nitrogens is 3. The zero-order valence-corrected chi connectivity index (χ0v) is 22.2. The SMILES string of the molecule is CCn1c(SCC(=O)Nc2cc(Cl)ccc2Cl)nnc1C(NC(=O)c1ccc(OC)cc1)C(C)C. The van der Waals surface area contributed by atoms with Crippen molar-refractivity contribution in [1.29, 1.82) is 0 Å². The van der Waals surface area contributed by atoms with Crippen molar-refractivity contribution >= 4 is 52.5 Å². The van der Waals surface area contributed by atoms with E-state index in [4.69, 9.17) is 27.9 Å². The van der Waals surface area contributed by atoms with Crippen LogP contribution in [0.15, 0.2) is 47.6 Å². The van der Waals surface area contributed by atoms with Gasteiger partial charge in [-0.2, -0.15) is 0 Å². The summed E-state index contributed by atoms with van der Waals surface area (Å²) >= 11 is 13.4. The topological polar surface area (TPSA) is 98.1 Å². The number of anilines is 1. The number of rotatable bonds is 10. The number of carbonyl (C=O) groups is 2. The molecule has 8 nitrogen and oxygen atoms in total. The molecule has 11 heteroatoms. The molecule has 0 radical (unpaired) electrons. The van der Waals surface area contributed by atoms with Crippen LogP contribution in [0.4, 0.5) is 5.69 Å². The fourth-order valence-electron chi connectivity index (χ4n) is 3.34. The van der Waals surface area contributed by atoms with Crippen LogP contribution < -0.4 is 15.4 Å². The maximum Gasteiger partial charge on any atom is 0.251 e. The van der Waals surface area contributed by atoms with Crippen LogP contribution in [-0.4, -0.2) is 39.4 Å². The van der Waals surface area contributed by atoms with Crippen molar-refractivity contribution in [3.05, 3.63) is 63.9 Å². The molecule has 0 aliphatic carbocycles. The zero-order valence-electron chi connectivity index (χ0n) is 19.8. The Labute approximate surface area is 218 Å². The largest absolute Gasteiger partial charge is 0.497 e. The summed E-state index contributed by atoms with van der Waals surface area (Å²) in [5.41, 5.74) is 0.966. The molecule has 2 N–H and O–H groups in total. The molecule has 0 saturated heterocycles. The van der Waals surface area contributed by atoms with Gasteiger partial charge in [-0.25, -0.2) is 0 Å². The van der Waals surface area contributed by atoms with Crippen molar-refractivity contribution in [2.24, 2.45) is 5.92 Å². The predicted molar refractivity (Wildman–Crippen MR) is 140 cm³/mol. The molecule has 0 saturated carbocycles. The third-order valence-corrected chi connectivity index (χ3v) is 6.71. The Hall–Kier alpha value is -2.75. The average Bonchev–Trinajstić information content (AvgIpc) is 3.25. The summed E-state index contributed by atoms with van der Waals surface area (Å²) in [6, 6.07) is 11.4. The first-order valence-electron chi connectivity index (χ1n) is 11.0. The van der Waals surface area contributed by atoms with Crippen LogP contribution in [0.3, 0.4) is 0 Å². The Morgan fingerprint density at radius 2 is 1.83 bits per heavy atom. The zero-order chi connectivity index (χ0) is 25.5. The van der Waals surface area contributed by atoms with Gasteiger partial charge in [0.25, 0.3) is 5.91 Å². The summed E-state index contributed by atoms with van der Waals surface area (Å²) in [5.74, 6) is 0.994. The van der Waals surface area contributed by atoms with Gasteiger partial charge in [0.15, 0.2) is 11.0 Å². The molecule has 1 unspecified atom stereocenters. The first-order chi connectivity index (χ1) is 16.7. The molecule has 0 aliphatic rings. The second-order valence-corrected chi connectivity index (χ2v) is 9.76. The second-order valence-electron chi connectivity index (χ2n) is 7.97. The fraction of sp³-hybridized carbons (Fsp3) is 0.333. The number of methoxy groups -OCH3 is 1. The lowest BCUT2D eigenvalue weighted by atomic mass is 10.0. The van der Waals surface area contributed by atoms with Crippen molar-refractivity contribution in [3.63, 3.8) is 0 Å². The van der Waals surface area contributed by atoms with E-state index in [0.717, 1.165) is 0 Å². The molecule has 1 heterocycles. The minimum Gasteiger partial charge on any atom is -0.497 e. The Morgan fingerprint density at radius 3 is 2.46 bits per heavy atom. The summed E-state index contributed by atoms with van der Waals surface area (Å²) < 4.78 is 7.06. The van der Waals surface area contributed by atoms with Crippen LogP contribution >= 0.6 is 35.0 Å². The van der Waals surface area contributed by atoms with Crippen LogP contribution in [0.1, 0.15) is 43.0 Å². The lowest BCUT2D eigenvalue weighted by molar-refractivity contribution is -0.113. The molecule has 0 spiro atoms. The maximum absolute atomic E-state index is 12.9. The Morgan fingerprint density at radius 1 is 1.11 bits per heavy atom. The van der Waals surface area contributed by atoms with Crippen LogP contribution in [0.5, 0.6) is 5.75 Å². The third kappa shape index (κ3) is 6.90. The highest BCUT2D eigenvalue weighted by Crippen LogP contribution is 2.28. The molecule has 1 aromatic heterocycles. The minimum absolute atomic E-state index is 0.0535. The number of hydrogen-bond acceptors (Lipinski definition) is 6. The van der Waals surface area contributed by atoms with Crippen LogP contribution in [0.25, 0.3) is 0 Å². The molecule has 2 amide bonds. The molecule has 0 bridgehead atoms. The standard InChI is InChI=1S/C24H27Cl2N5O3S/c1-5-31-22(21(14(2)3)28-23(33)15-6-9-17(34-4)10-7-15)29-30-24(31)35-13-20(32)27-19-12-16(25)8-11-18(19)26/h6-12,14,21H,5,13H2,1-4H3,(H,27,32)(H,28,33). The summed E-state index contributed by atoms with van der Waals surface area (Å²) in [6.45, 7) is 6.55. The number of thioether (sulfide) groups is 1. The minimum atomic E-state index is -0.370. The number of amides is 2. The molecule has 35 heavy (non-hydrogen) atoms. The lowest BCUT2D eigenvalue weighted by Crippen LogP contribution is -2.33. The van der Waals surface area contributed by atoms with E-state index in [2.05, 4.69) is 20.8 Å². The predicted octanol–water partition coefficient (Wildman–Crippen LogP) is 5.47. The molecular weight excluding hydrogens is 509 g/mol. The Balaban J connectivity index is 1.71. The number of ether oxygens (including phenoxy) is 1. The Kier molecular flexibility index (Phi) is 9.42. The van der Waals surface area contributed by atoms with E-state index in [1.54, 1.807) is 49.6 Å².